The maximum Gasteiger partial charge on any atom is 0.250 e. The van der Waals surface area contributed by atoms with Crippen LogP contribution in [0.3, 0.4) is 0 Å². The van der Waals surface area contributed by atoms with Crippen LogP contribution in [0, 0.1) is 0 Å². The topological polar surface area (TPSA) is 79.5 Å². The highest BCUT2D eigenvalue weighted by atomic mass is 32.1. The lowest BCUT2D eigenvalue weighted by Gasteiger charge is -2.10. The summed E-state index contributed by atoms with van der Waals surface area (Å²) < 4.78 is 5.38. The number of carbonyl (C=O) groups is 2. The molecule has 0 aliphatic heterocycles. The summed E-state index contributed by atoms with van der Waals surface area (Å²) >= 11 is 5.16. The van der Waals surface area contributed by atoms with Crippen molar-refractivity contribution in [1.29, 1.82) is 0 Å². The summed E-state index contributed by atoms with van der Waals surface area (Å²) in [5.74, 6) is 0.362. The third-order valence-corrected chi connectivity index (χ3v) is 3.78. The van der Waals surface area contributed by atoms with Gasteiger partial charge in [-0.25, -0.2) is 0 Å². The Morgan fingerprint density at radius 3 is 2.36 bits per heavy atom. The van der Waals surface area contributed by atoms with Gasteiger partial charge < -0.3 is 15.4 Å². The van der Waals surface area contributed by atoms with Crippen molar-refractivity contribution < 1.29 is 14.3 Å². The molecule has 2 aromatic carbocycles. The van der Waals surface area contributed by atoms with Gasteiger partial charge in [0.1, 0.15) is 5.75 Å². The first-order chi connectivity index (χ1) is 13.5. The average Bonchev–Trinajstić information content (AvgIpc) is 2.67. The van der Waals surface area contributed by atoms with Crippen LogP contribution in [-0.4, -0.2) is 23.5 Å². The monoisotopic (exact) mass is 397 g/mol. The third kappa shape index (κ3) is 7.20. The second-order valence-electron chi connectivity index (χ2n) is 5.76. The summed E-state index contributed by atoms with van der Waals surface area (Å²) in [5, 5.41) is 8.44. The quantitative estimate of drug-likeness (QED) is 0.487. The van der Waals surface area contributed by atoms with E-state index in [0.29, 0.717) is 24.4 Å². The van der Waals surface area contributed by atoms with Gasteiger partial charge in [-0.05, 0) is 61.1 Å². The molecule has 3 N–H and O–H groups in total. The number of benzene rings is 2. The molecule has 2 amide bonds. The summed E-state index contributed by atoms with van der Waals surface area (Å²) in [7, 11) is 0. The summed E-state index contributed by atoms with van der Waals surface area (Å²) in [4.78, 5) is 23.5. The van der Waals surface area contributed by atoms with Crippen LogP contribution in [0.4, 0.5) is 11.4 Å². The second kappa shape index (κ2) is 10.8. The lowest BCUT2D eigenvalue weighted by atomic mass is 10.2. The summed E-state index contributed by atoms with van der Waals surface area (Å²) in [6.07, 6.45) is 3.49. The molecule has 0 saturated heterocycles. The Labute approximate surface area is 170 Å². The van der Waals surface area contributed by atoms with Gasteiger partial charge in [0, 0.05) is 23.9 Å². The number of rotatable bonds is 7. The highest BCUT2D eigenvalue weighted by Gasteiger charge is 2.04. The maximum absolute atomic E-state index is 12.0. The molecule has 0 atom stereocenters. The van der Waals surface area contributed by atoms with Crippen LogP contribution < -0.4 is 20.7 Å². The number of hydrogen-bond donors (Lipinski definition) is 3. The summed E-state index contributed by atoms with van der Waals surface area (Å²) in [6.45, 7) is 4.31. The van der Waals surface area contributed by atoms with Gasteiger partial charge in [0.05, 0.1) is 6.61 Å². The molecular weight excluding hydrogens is 374 g/mol. The van der Waals surface area contributed by atoms with Crippen molar-refractivity contribution in [3.63, 3.8) is 0 Å². The van der Waals surface area contributed by atoms with E-state index in [1.807, 2.05) is 31.2 Å². The Morgan fingerprint density at radius 2 is 1.71 bits per heavy atom. The molecule has 0 aliphatic rings. The molecule has 0 unspecified atom stereocenters. The second-order valence-corrected chi connectivity index (χ2v) is 6.17. The Morgan fingerprint density at radius 1 is 1.04 bits per heavy atom. The number of anilines is 2. The Kier molecular flexibility index (Phi) is 8.17. The molecule has 2 aromatic rings. The predicted octanol–water partition coefficient (Wildman–Crippen LogP) is 3.96. The fourth-order valence-corrected chi connectivity index (χ4v) is 2.47. The zero-order chi connectivity index (χ0) is 20.4. The fraction of sp³-hybridized carbons (Fsp3) is 0.190. The first-order valence-electron chi connectivity index (χ1n) is 8.93. The number of ether oxygens (including phenoxy) is 1. The SMILES string of the molecule is CCOc1ccc(/C=C/C(=O)NC(=S)Nc2cccc(NC(=O)CC)c2)cc1. The van der Waals surface area contributed by atoms with Crippen molar-refractivity contribution in [2.45, 2.75) is 20.3 Å². The average molecular weight is 398 g/mol. The van der Waals surface area contributed by atoms with Gasteiger partial charge in [-0.2, -0.15) is 0 Å². The molecule has 0 heterocycles. The minimum Gasteiger partial charge on any atom is -0.494 e. The Bertz CT molecular complexity index is 863. The predicted molar refractivity (Wildman–Crippen MR) is 116 cm³/mol. The zero-order valence-electron chi connectivity index (χ0n) is 15.8. The van der Waals surface area contributed by atoms with Gasteiger partial charge in [-0.3, -0.25) is 14.9 Å². The van der Waals surface area contributed by atoms with Crippen molar-refractivity contribution in [1.82, 2.24) is 5.32 Å². The summed E-state index contributed by atoms with van der Waals surface area (Å²) in [6, 6.07) is 14.5. The first kappa shape index (κ1) is 21.1. The largest absolute Gasteiger partial charge is 0.494 e. The Balaban J connectivity index is 1.87. The Hall–Kier alpha value is -3.19. The molecule has 0 bridgehead atoms. The molecule has 0 aromatic heterocycles. The van der Waals surface area contributed by atoms with E-state index in [1.165, 1.54) is 6.08 Å². The van der Waals surface area contributed by atoms with Crippen LogP contribution in [0.5, 0.6) is 5.75 Å². The van der Waals surface area contributed by atoms with Crippen LogP contribution in [0.25, 0.3) is 6.08 Å². The number of carbonyl (C=O) groups excluding carboxylic acids is 2. The van der Waals surface area contributed by atoms with Crippen LogP contribution in [0.2, 0.25) is 0 Å². The van der Waals surface area contributed by atoms with Crippen LogP contribution in [-0.2, 0) is 9.59 Å². The lowest BCUT2D eigenvalue weighted by Crippen LogP contribution is -2.32. The summed E-state index contributed by atoms with van der Waals surface area (Å²) in [5.41, 5.74) is 2.19. The molecule has 7 heteroatoms. The first-order valence-corrected chi connectivity index (χ1v) is 9.33. The number of amides is 2. The number of thiocarbonyl (C=S) groups is 1. The number of nitrogens with one attached hydrogen (secondary N) is 3. The van der Waals surface area contributed by atoms with Gasteiger partial charge in [-0.15, -0.1) is 0 Å². The van der Waals surface area contributed by atoms with Crippen molar-refractivity contribution in [3.05, 3.63) is 60.2 Å². The lowest BCUT2D eigenvalue weighted by molar-refractivity contribution is -0.116. The van der Waals surface area contributed by atoms with E-state index in [-0.39, 0.29) is 16.9 Å². The molecule has 6 nitrogen and oxygen atoms in total. The van der Waals surface area contributed by atoms with Gasteiger partial charge in [0.25, 0.3) is 0 Å². The molecule has 0 radical (unpaired) electrons. The van der Waals surface area contributed by atoms with E-state index in [1.54, 1.807) is 37.3 Å². The van der Waals surface area contributed by atoms with E-state index in [4.69, 9.17) is 17.0 Å². The van der Waals surface area contributed by atoms with Crippen molar-refractivity contribution in [2.75, 3.05) is 17.2 Å². The molecule has 0 aliphatic carbocycles. The van der Waals surface area contributed by atoms with Crippen LogP contribution in [0.15, 0.2) is 54.6 Å². The van der Waals surface area contributed by atoms with Crippen LogP contribution in [0.1, 0.15) is 25.8 Å². The van der Waals surface area contributed by atoms with Gasteiger partial charge in [-0.1, -0.05) is 25.1 Å². The van der Waals surface area contributed by atoms with Crippen molar-refractivity contribution in [3.8, 4) is 5.75 Å². The third-order valence-electron chi connectivity index (χ3n) is 3.58. The molecule has 0 spiro atoms. The van der Waals surface area contributed by atoms with Gasteiger partial charge in [0.15, 0.2) is 5.11 Å². The minimum absolute atomic E-state index is 0.0764. The number of hydrogen-bond acceptors (Lipinski definition) is 4. The molecule has 0 saturated carbocycles. The fourth-order valence-electron chi connectivity index (χ4n) is 2.25. The molecular formula is C21H23N3O3S. The molecule has 0 fully saturated rings. The van der Waals surface area contributed by atoms with E-state index >= 15 is 0 Å². The van der Waals surface area contributed by atoms with Crippen molar-refractivity contribution in [2.24, 2.45) is 0 Å². The standard InChI is InChI=1S/C21H23N3O3S/c1-3-19(25)22-16-6-5-7-17(14-16)23-21(28)24-20(26)13-10-15-8-11-18(12-9-15)27-4-2/h5-14H,3-4H2,1-2H3,(H,22,25)(H2,23,24,26,28)/b13-10+. The van der Waals surface area contributed by atoms with E-state index in [9.17, 15) is 9.59 Å². The minimum atomic E-state index is -0.346. The van der Waals surface area contributed by atoms with Crippen LogP contribution >= 0.6 is 12.2 Å². The zero-order valence-corrected chi connectivity index (χ0v) is 16.6. The molecule has 146 valence electrons. The van der Waals surface area contributed by atoms with E-state index in [2.05, 4.69) is 16.0 Å². The highest BCUT2D eigenvalue weighted by molar-refractivity contribution is 7.80. The van der Waals surface area contributed by atoms with E-state index < -0.39 is 0 Å². The van der Waals surface area contributed by atoms with E-state index in [0.717, 1.165) is 11.3 Å². The normalized spacial score (nSPS) is 10.4. The molecule has 28 heavy (non-hydrogen) atoms. The van der Waals surface area contributed by atoms with Gasteiger partial charge in [0.2, 0.25) is 11.8 Å². The smallest absolute Gasteiger partial charge is 0.250 e. The maximum atomic E-state index is 12.0. The van der Waals surface area contributed by atoms with Gasteiger partial charge >= 0.3 is 0 Å². The highest BCUT2D eigenvalue weighted by Crippen LogP contribution is 2.15. The van der Waals surface area contributed by atoms with Crippen molar-refractivity contribution >= 4 is 46.6 Å². The molecule has 2 rings (SSSR count).